The Balaban J connectivity index is 1.36. The van der Waals surface area contributed by atoms with Crippen molar-refractivity contribution in [2.75, 3.05) is 24.5 Å². The lowest BCUT2D eigenvalue weighted by Crippen LogP contribution is -2.41. The number of anilines is 1. The van der Waals surface area contributed by atoms with Crippen molar-refractivity contribution in [3.05, 3.63) is 40.9 Å². The van der Waals surface area contributed by atoms with Gasteiger partial charge in [0.1, 0.15) is 28.8 Å². The van der Waals surface area contributed by atoms with E-state index in [1.807, 2.05) is 0 Å². The van der Waals surface area contributed by atoms with Crippen LogP contribution in [0, 0.1) is 19.8 Å². The molecule has 0 saturated carbocycles. The van der Waals surface area contributed by atoms with Crippen LogP contribution in [-0.4, -0.2) is 40.6 Å². The number of aromatic nitrogens is 2. The van der Waals surface area contributed by atoms with E-state index in [-0.39, 0.29) is 18.4 Å². The molecule has 8 heteroatoms. The number of rotatable bonds is 5. The molecule has 2 N–H and O–H groups in total. The van der Waals surface area contributed by atoms with Gasteiger partial charge in [-0.3, -0.25) is 4.79 Å². The summed E-state index contributed by atoms with van der Waals surface area (Å²) >= 11 is 1.70. The average Bonchev–Trinajstić information content (AvgIpc) is 3.35. The molecule has 1 fully saturated rings. The maximum Gasteiger partial charge on any atom is 0.223 e. The molecule has 0 aliphatic carbocycles. The molecule has 0 aromatic carbocycles. The van der Waals surface area contributed by atoms with Gasteiger partial charge in [0.05, 0.1) is 18.2 Å². The second-order valence-electron chi connectivity index (χ2n) is 7.20. The first kappa shape index (κ1) is 18.9. The normalized spacial score (nSPS) is 16.5. The van der Waals surface area contributed by atoms with Gasteiger partial charge in [-0.25, -0.2) is 9.97 Å². The Kier molecular flexibility index (Phi) is 5.32. The van der Waals surface area contributed by atoms with Crippen molar-refractivity contribution >= 4 is 33.3 Å². The van der Waals surface area contributed by atoms with Crippen LogP contribution in [0.25, 0.3) is 10.2 Å². The Morgan fingerprint density at radius 1 is 1.39 bits per heavy atom. The van der Waals surface area contributed by atoms with Gasteiger partial charge in [-0.05, 0) is 44.4 Å². The van der Waals surface area contributed by atoms with Crippen molar-refractivity contribution in [3.63, 3.8) is 0 Å². The molecule has 4 rings (SSSR count). The smallest absolute Gasteiger partial charge is 0.223 e. The molecule has 3 aromatic rings. The van der Waals surface area contributed by atoms with Gasteiger partial charge >= 0.3 is 0 Å². The van der Waals surface area contributed by atoms with Crippen LogP contribution in [0.1, 0.15) is 35.1 Å². The monoisotopic (exact) mass is 400 g/mol. The fraction of sp³-hybridized carbons (Fsp3) is 0.450. The third-order valence-electron chi connectivity index (χ3n) is 5.45. The van der Waals surface area contributed by atoms with Gasteiger partial charge in [0.25, 0.3) is 0 Å². The highest BCUT2D eigenvalue weighted by atomic mass is 32.1. The molecular formula is C20H24N4O3S. The van der Waals surface area contributed by atoms with E-state index in [9.17, 15) is 9.90 Å². The van der Waals surface area contributed by atoms with E-state index in [1.165, 1.54) is 16.7 Å². The third-order valence-corrected chi connectivity index (χ3v) is 6.57. The predicted molar refractivity (Wildman–Crippen MR) is 109 cm³/mol. The lowest BCUT2D eigenvalue weighted by atomic mass is 9.95. The first-order valence-electron chi connectivity index (χ1n) is 9.49. The third kappa shape index (κ3) is 3.62. The summed E-state index contributed by atoms with van der Waals surface area (Å²) in [5.41, 5.74) is 1.24. The zero-order valence-corrected chi connectivity index (χ0v) is 16.8. The number of carbonyl (C=O) groups is 1. The van der Waals surface area contributed by atoms with Crippen LogP contribution in [-0.2, 0) is 4.79 Å². The summed E-state index contributed by atoms with van der Waals surface area (Å²) in [6, 6.07) is 3.42. The van der Waals surface area contributed by atoms with Crippen LogP contribution in [0.5, 0.6) is 0 Å². The Morgan fingerprint density at radius 2 is 2.18 bits per heavy atom. The number of amides is 1. The number of carbonyl (C=O) groups excluding carboxylic acids is 1. The van der Waals surface area contributed by atoms with Crippen molar-refractivity contribution in [2.45, 2.75) is 32.8 Å². The highest BCUT2D eigenvalue weighted by molar-refractivity contribution is 7.18. The topological polar surface area (TPSA) is 91.5 Å². The van der Waals surface area contributed by atoms with Crippen molar-refractivity contribution in [1.82, 2.24) is 15.3 Å². The zero-order valence-electron chi connectivity index (χ0n) is 16.0. The first-order chi connectivity index (χ1) is 13.5. The molecule has 1 saturated heterocycles. The molecule has 7 nitrogen and oxygen atoms in total. The molecule has 0 spiro atoms. The number of aryl methyl sites for hydroxylation is 2. The summed E-state index contributed by atoms with van der Waals surface area (Å²) < 4.78 is 5.16. The molecular weight excluding hydrogens is 376 g/mol. The van der Waals surface area contributed by atoms with E-state index in [2.05, 4.69) is 34.0 Å². The molecule has 0 radical (unpaired) electrons. The number of nitrogens with one attached hydrogen (secondary N) is 1. The lowest BCUT2D eigenvalue weighted by molar-refractivity contribution is -0.126. The minimum atomic E-state index is -0.821. The number of thiophene rings is 1. The lowest BCUT2D eigenvalue weighted by Gasteiger charge is -2.32. The quantitative estimate of drug-likeness (QED) is 0.684. The number of furan rings is 1. The highest BCUT2D eigenvalue weighted by Crippen LogP contribution is 2.35. The molecule has 1 amide bonds. The highest BCUT2D eigenvalue weighted by Gasteiger charge is 2.27. The minimum absolute atomic E-state index is 0.0133. The molecule has 1 atom stereocenters. The van der Waals surface area contributed by atoms with Crippen molar-refractivity contribution in [2.24, 2.45) is 5.92 Å². The molecule has 28 heavy (non-hydrogen) atoms. The molecule has 1 unspecified atom stereocenters. The fourth-order valence-corrected chi connectivity index (χ4v) is 4.67. The molecule has 0 bridgehead atoms. The Bertz CT molecular complexity index is 961. The van der Waals surface area contributed by atoms with E-state index in [1.54, 1.807) is 29.8 Å². The summed E-state index contributed by atoms with van der Waals surface area (Å²) in [7, 11) is 0. The standard InChI is InChI=1S/C20H24N4O3S/c1-12-13(2)28-20-17(12)18(22-11-23-20)24-7-5-14(6-8-24)19(26)21-10-15(25)16-4-3-9-27-16/h3-4,9,11,14-15,25H,5-8,10H2,1-2H3,(H,21,26). The molecule has 1 aliphatic heterocycles. The Labute approximate surface area is 167 Å². The number of piperidine rings is 1. The van der Waals surface area contributed by atoms with E-state index in [0.717, 1.165) is 42.0 Å². The average molecular weight is 401 g/mol. The van der Waals surface area contributed by atoms with E-state index < -0.39 is 6.10 Å². The number of fused-ring (bicyclic) bond motifs is 1. The fourth-order valence-electron chi connectivity index (χ4n) is 3.68. The second-order valence-corrected chi connectivity index (χ2v) is 8.40. The van der Waals surface area contributed by atoms with E-state index in [4.69, 9.17) is 4.42 Å². The Morgan fingerprint density at radius 3 is 2.89 bits per heavy atom. The summed E-state index contributed by atoms with van der Waals surface area (Å²) in [5, 5.41) is 14.0. The molecule has 1 aliphatic rings. The molecule has 3 aromatic heterocycles. The van der Waals surface area contributed by atoms with Gasteiger partial charge in [-0.15, -0.1) is 11.3 Å². The van der Waals surface area contributed by atoms with E-state index >= 15 is 0 Å². The molecule has 148 valence electrons. The van der Waals surface area contributed by atoms with Gasteiger partial charge in [0.2, 0.25) is 5.91 Å². The number of nitrogens with zero attached hydrogens (tertiary/aromatic N) is 3. The van der Waals surface area contributed by atoms with Crippen LogP contribution in [0.4, 0.5) is 5.82 Å². The van der Waals surface area contributed by atoms with E-state index in [0.29, 0.717) is 5.76 Å². The minimum Gasteiger partial charge on any atom is -0.467 e. The van der Waals surface area contributed by atoms with Crippen LogP contribution >= 0.6 is 11.3 Å². The maximum atomic E-state index is 12.5. The summed E-state index contributed by atoms with van der Waals surface area (Å²) in [4.78, 5) is 26.0. The van der Waals surface area contributed by atoms with Crippen molar-refractivity contribution in [1.29, 1.82) is 0 Å². The summed E-state index contributed by atoms with van der Waals surface area (Å²) in [5.74, 6) is 1.37. The van der Waals surface area contributed by atoms with Crippen molar-refractivity contribution in [3.8, 4) is 0 Å². The summed E-state index contributed by atoms with van der Waals surface area (Å²) in [6.45, 7) is 5.94. The van der Waals surface area contributed by atoms with Crippen LogP contribution in [0.3, 0.4) is 0 Å². The Hall–Kier alpha value is -2.45. The zero-order chi connectivity index (χ0) is 19.7. The number of hydrogen-bond donors (Lipinski definition) is 2. The van der Waals surface area contributed by atoms with Gasteiger partial charge in [0.15, 0.2) is 0 Å². The second kappa shape index (κ2) is 7.89. The van der Waals surface area contributed by atoms with Crippen LogP contribution in [0.2, 0.25) is 0 Å². The van der Waals surface area contributed by atoms with Gasteiger partial charge in [0, 0.05) is 23.9 Å². The summed E-state index contributed by atoms with van der Waals surface area (Å²) in [6.07, 6.45) is 3.84. The van der Waals surface area contributed by atoms with Crippen molar-refractivity contribution < 1.29 is 14.3 Å². The number of aliphatic hydroxyl groups excluding tert-OH is 1. The number of hydrogen-bond acceptors (Lipinski definition) is 7. The first-order valence-corrected chi connectivity index (χ1v) is 10.3. The predicted octanol–water partition coefficient (Wildman–Crippen LogP) is 2.97. The molecule has 4 heterocycles. The SMILES string of the molecule is Cc1sc2ncnc(N3CCC(C(=O)NCC(O)c4ccco4)CC3)c2c1C. The largest absolute Gasteiger partial charge is 0.467 e. The van der Waals surface area contributed by atoms with Gasteiger partial charge in [-0.1, -0.05) is 0 Å². The van der Waals surface area contributed by atoms with Crippen LogP contribution in [0.15, 0.2) is 29.1 Å². The van der Waals surface area contributed by atoms with Gasteiger partial charge < -0.3 is 19.7 Å². The number of aliphatic hydroxyl groups is 1. The van der Waals surface area contributed by atoms with Crippen LogP contribution < -0.4 is 10.2 Å². The maximum absolute atomic E-state index is 12.5. The van der Waals surface area contributed by atoms with Gasteiger partial charge in [-0.2, -0.15) is 0 Å².